The molecule has 0 amide bonds. The second-order valence-electron chi connectivity index (χ2n) is 5.41. The summed E-state index contributed by atoms with van der Waals surface area (Å²) in [5.41, 5.74) is 9.90. The van der Waals surface area contributed by atoms with Crippen LogP contribution in [0.15, 0.2) is 48.5 Å². The SMILES string of the molecule is CCOc1ccc(CC(N)CC)cc1Cc1ccccc1.Cl. The Hall–Kier alpha value is -1.51. The van der Waals surface area contributed by atoms with E-state index in [-0.39, 0.29) is 18.4 Å². The summed E-state index contributed by atoms with van der Waals surface area (Å²) < 4.78 is 5.76. The summed E-state index contributed by atoms with van der Waals surface area (Å²) in [6.45, 7) is 4.84. The highest BCUT2D eigenvalue weighted by atomic mass is 35.5. The van der Waals surface area contributed by atoms with Gasteiger partial charge in [-0.15, -0.1) is 12.4 Å². The molecular formula is C19H26ClNO. The molecule has 2 nitrogen and oxygen atoms in total. The van der Waals surface area contributed by atoms with E-state index < -0.39 is 0 Å². The Morgan fingerprint density at radius 1 is 1.00 bits per heavy atom. The Bertz CT molecular complexity index is 557. The van der Waals surface area contributed by atoms with Gasteiger partial charge < -0.3 is 10.5 Å². The molecule has 0 aromatic heterocycles. The van der Waals surface area contributed by atoms with Crippen LogP contribution in [0.4, 0.5) is 0 Å². The molecule has 0 saturated carbocycles. The lowest BCUT2D eigenvalue weighted by molar-refractivity contribution is 0.337. The highest BCUT2D eigenvalue weighted by molar-refractivity contribution is 5.85. The van der Waals surface area contributed by atoms with Gasteiger partial charge in [0, 0.05) is 12.5 Å². The summed E-state index contributed by atoms with van der Waals surface area (Å²) in [4.78, 5) is 0. The van der Waals surface area contributed by atoms with Crippen molar-refractivity contribution in [1.29, 1.82) is 0 Å². The number of nitrogens with two attached hydrogens (primary N) is 1. The van der Waals surface area contributed by atoms with E-state index in [4.69, 9.17) is 10.5 Å². The van der Waals surface area contributed by atoms with Crippen LogP contribution in [0.3, 0.4) is 0 Å². The quantitative estimate of drug-likeness (QED) is 0.822. The van der Waals surface area contributed by atoms with Crippen LogP contribution in [0.1, 0.15) is 37.0 Å². The molecule has 3 heteroatoms. The fourth-order valence-corrected chi connectivity index (χ4v) is 2.46. The van der Waals surface area contributed by atoms with Gasteiger partial charge in [0.25, 0.3) is 0 Å². The van der Waals surface area contributed by atoms with Crippen molar-refractivity contribution in [2.24, 2.45) is 5.73 Å². The van der Waals surface area contributed by atoms with Crippen LogP contribution in [0.25, 0.3) is 0 Å². The van der Waals surface area contributed by atoms with Gasteiger partial charge in [-0.2, -0.15) is 0 Å². The molecule has 0 aliphatic heterocycles. The molecular weight excluding hydrogens is 294 g/mol. The van der Waals surface area contributed by atoms with E-state index in [2.05, 4.69) is 49.4 Å². The molecule has 2 rings (SSSR count). The molecule has 1 unspecified atom stereocenters. The number of ether oxygens (including phenoxy) is 1. The molecule has 0 saturated heterocycles. The van der Waals surface area contributed by atoms with Gasteiger partial charge in [0.15, 0.2) is 0 Å². The van der Waals surface area contributed by atoms with Crippen molar-refractivity contribution in [3.8, 4) is 5.75 Å². The van der Waals surface area contributed by atoms with Gasteiger partial charge in [-0.1, -0.05) is 49.4 Å². The summed E-state index contributed by atoms with van der Waals surface area (Å²) >= 11 is 0. The molecule has 0 fully saturated rings. The third-order valence-corrected chi connectivity index (χ3v) is 3.68. The van der Waals surface area contributed by atoms with Crippen molar-refractivity contribution < 1.29 is 4.74 Å². The smallest absolute Gasteiger partial charge is 0.122 e. The van der Waals surface area contributed by atoms with Crippen molar-refractivity contribution in [3.63, 3.8) is 0 Å². The zero-order chi connectivity index (χ0) is 15.1. The normalized spacial score (nSPS) is 11.6. The fraction of sp³-hybridized carbons (Fsp3) is 0.368. The van der Waals surface area contributed by atoms with Gasteiger partial charge in [-0.3, -0.25) is 0 Å². The zero-order valence-corrected chi connectivity index (χ0v) is 14.2. The van der Waals surface area contributed by atoms with Crippen molar-refractivity contribution in [2.45, 2.75) is 39.2 Å². The molecule has 22 heavy (non-hydrogen) atoms. The van der Waals surface area contributed by atoms with Crippen LogP contribution in [0, 0.1) is 0 Å². The number of hydrogen-bond donors (Lipinski definition) is 1. The molecule has 2 aromatic carbocycles. The highest BCUT2D eigenvalue weighted by Gasteiger charge is 2.08. The first-order valence-electron chi connectivity index (χ1n) is 7.77. The first-order valence-corrected chi connectivity index (χ1v) is 7.77. The lowest BCUT2D eigenvalue weighted by atomic mass is 9.98. The van der Waals surface area contributed by atoms with Gasteiger partial charge in [-0.05, 0) is 42.5 Å². The maximum Gasteiger partial charge on any atom is 0.122 e. The first kappa shape index (κ1) is 18.5. The van der Waals surface area contributed by atoms with E-state index in [1.807, 2.05) is 13.0 Å². The second kappa shape index (κ2) is 9.50. The predicted octanol–water partition coefficient (Wildman–Crippen LogP) is 4.38. The third-order valence-electron chi connectivity index (χ3n) is 3.68. The Morgan fingerprint density at radius 2 is 1.73 bits per heavy atom. The van der Waals surface area contributed by atoms with Gasteiger partial charge in [0.1, 0.15) is 5.75 Å². The van der Waals surface area contributed by atoms with Gasteiger partial charge >= 0.3 is 0 Å². The number of hydrogen-bond acceptors (Lipinski definition) is 2. The second-order valence-corrected chi connectivity index (χ2v) is 5.41. The topological polar surface area (TPSA) is 35.2 Å². The summed E-state index contributed by atoms with van der Waals surface area (Å²) in [6, 6.07) is 17.2. The fourth-order valence-electron chi connectivity index (χ4n) is 2.46. The summed E-state index contributed by atoms with van der Waals surface area (Å²) in [6.07, 6.45) is 2.82. The standard InChI is InChI=1S/C19H25NO.ClH/c1-3-18(20)14-16-10-11-19(21-4-2)17(13-16)12-15-8-6-5-7-9-15;/h5-11,13,18H,3-4,12,14,20H2,1-2H3;1H. The number of halogens is 1. The molecule has 2 aromatic rings. The minimum absolute atomic E-state index is 0. The first-order chi connectivity index (χ1) is 10.2. The Morgan fingerprint density at radius 3 is 2.36 bits per heavy atom. The molecule has 120 valence electrons. The highest BCUT2D eigenvalue weighted by Crippen LogP contribution is 2.24. The monoisotopic (exact) mass is 319 g/mol. The van der Waals surface area contributed by atoms with E-state index in [1.54, 1.807) is 0 Å². The predicted molar refractivity (Wildman–Crippen MR) is 96.1 cm³/mol. The number of rotatable bonds is 7. The van der Waals surface area contributed by atoms with Crippen molar-refractivity contribution in [2.75, 3.05) is 6.61 Å². The van der Waals surface area contributed by atoms with Crippen LogP contribution in [-0.4, -0.2) is 12.6 Å². The van der Waals surface area contributed by atoms with Crippen molar-refractivity contribution in [1.82, 2.24) is 0 Å². The molecule has 0 radical (unpaired) electrons. The van der Waals surface area contributed by atoms with E-state index in [1.165, 1.54) is 16.7 Å². The van der Waals surface area contributed by atoms with E-state index in [0.717, 1.165) is 25.0 Å². The third kappa shape index (κ3) is 5.36. The van der Waals surface area contributed by atoms with E-state index in [9.17, 15) is 0 Å². The lowest BCUT2D eigenvalue weighted by Gasteiger charge is -2.14. The summed E-state index contributed by atoms with van der Waals surface area (Å²) in [7, 11) is 0. The molecule has 0 heterocycles. The van der Waals surface area contributed by atoms with Crippen LogP contribution < -0.4 is 10.5 Å². The average molecular weight is 320 g/mol. The Labute approximate surface area is 140 Å². The van der Waals surface area contributed by atoms with Crippen LogP contribution in [0.2, 0.25) is 0 Å². The van der Waals surface area contributed by atoms with Crippen LogP contribution in [0.5, 0.6) is 5.75 Å². The zero-order valence-electron chi connectivity index (χ0n) is 13.4. The largest absolute Gasteiger partial charge is 0.494 e. The molecule has 1 atom stereocenters. The van der Waals surface area contributed by atoms with Gasteiger partial charge in [-0.25, -0.2) is 0 Å². The van der Waals surface area contributed by atoms with Crippen LogP contribution >= 0.6 is 12.4 Å². The van der Waals surface area contributed by atoms with Crippen LogP contribution in [-0.2, 0) is 12.8 Å². The van der Waals surface area contributed by atoms with Crippen molar-refractivity contribution >= 4 is 12.4 Å². The maximum absolute atomic E-state index is 6.07. The van der Waals surface area contributed by atoms with E-state index in [0.29, 0.717) is 6.61 Å². The molecule has 2 N–H and O–H groups in total. The Balaban J connectivity index is 0.00000242. The lowest BCUT2D eigenvalue weighted by Crippen LogP contribution is -2.21. The molecule has 0 aliphatic rings. The van der Waals surface area contributed by atoms with Crippen molar-refractivity contribution in [3.05, 3.63) is 65.2 Å². The number of benzene rings is 2. The maximum atomic E-state index is 6.07. The molecule has 0 spiro atoms. The summed E-state index contributed by atoms with van der Waals surface area (Å²) in [5.74, 6) is 0.982. The molecule has 0 bridgehead atoms. The minimum atomic E-state index is 0. The van der Waals surface area contributed by atoms with Gasteiger partial charge in [0.2, 0.25) is 0 Å². The van der Waals surface area contributed by atoms with E-state index >= 15 is 0 Å². The molecule has 0 aliphatic carbocycles. The summed E-state index contributed by atoms with van der Waals surface area (Å²) in [5, 5.41) is 0. The van der Waals surface area contributed by atoms with Gasteiger partial charge in [0.05, 0.1) is 6.61 Å². The average Bonchev–Trinajstić information content (AvgIpc) is 2.51. The minimum Gasteiger partial charge on any atom is -0.494 e. The Kier molecular flexibility index (Phi) is 8.00.